The van der Waals surface area contributed by atoms with E-state index in [4.69, 9.17) is 4.74 Å². The lowest BCUT2D eigenvalue weighted by molar-refractivity contribution is -0.142. The first-order chi connectivity index (χ1) is 6.24. The van der Waals surface area contributed by atoms with Gasteiger partial charge in [0.25, 0.3) is 0 Å². The molecule has 0 saturated heterocycles. The topological polar surface area (TPSA) is 39.2 Å². The fourth-order valence-corrected chi connectivity index (χ4v) is 1.05. The van der Waals surface area contributed by atoms with E-state index in [2.05, 4.69) is 4.98 Å². The van der Waals surface area contributed by atoms with Crippen LogP contribution in [0.3, 0.4) is 0 Å². The third-order valence-corrected chi connectivity index (χ3v) is 1.79. The third kappa shape index (κ3) is 2.86. The Morgan fingerprint density at radius 2 is 2.38 bits per heavy atom. The molecule has 0 aliphatic heterocycles. The molecule has 0 saturated carbocycles. The molecule has 0 amide bonds. The SMILES string of the molecule is CCOC(=O)Cc1cnccc1C. The number of carbonyl (C=O) groups excluding carboxylic acids is 1. The predicted octanol–water partition coefficient (Wildman–Crippen LogP) is 1.50. The number of hydrogen-bond acceptors (Lipinski definition) is 3. The van der Waals surface area contributed by atoms with Crippen molar-refractivity contribution in [3.8, 4) is 0 Å². The van der Waals surface area contributed by atoms with Crippen LogP contribution in [0.5, 0.6) is 0 Å². The lowest BCUT2D eigenvalue weighted by Crippen LogP contribution is -2.08. The number of hydrogen-bond donors (Lipinski definition) is 0. The van der Waals surface area contributed by atoms with Gasteiger partial charge in [-0.1, -0.05) is 0 Å². The van der Waals surface area contributed by atoms with Crippen molar-refractivity contribution in [3.05, 3.63) is 29.6 Å². The predicted molar refractivity (Wildman–Crippen MR) is 49.3 cm³/mol. The molecule has 1 rings (SSSR count). The summed E-state index contributed by atoms with van der Waals surface area (Å²) in [6.45, 7) is 4.18. The third-order valence-electron chi connectivity index (χ3n) is 1.79. The van der Waals surface area contributed by atoms with Gasteiger partial charge in [0.05, 0.1) is 13.0 Å². The van der Waals surface area contributed by atoms with Crippen molar-refractivity contribution >= 4 is 5.97 Å². The van der Waals surface area contributed by atoms with Crippen molar-refractivity contribution in [2.45, 2.75) is 20.3 Å². The Morgan fingerprint density at radius 3 is 3.00 bits per heavy atom. The molecule has 1 aromatic rings. The maximum atomic E-state index is 11.1. The molecule has 0 radical (unpaired) electrons. The summed E-state index contributed by atoms with van der Waals surface area (Å²) < 4.78 is 4.83. The maximum absolute atomic E-state index is 11.1. The minimum absolute atomic E-state index is 0.196. The summed E-state index contributed by atoms with van der Waals surface area (Å²) >= 11 is 0. The summed E-state index contributed by atoms with van der Waals surface area (Å²) in [5.41, 5.74) is 2.00. The smallest absolute Gasteiger partial charge is 0.310 e. The maximum Gasteiger partial charge on any atom is 0.310 e. The van der Waals surface area contributed by atoms with Gasteiger partial charge in [-0.05, 0) is 31.0 Å². The monoisotopic (exact) mass is 179 g/mol. The van der Waals surface area contributed by atoms with Crippen LogP contribution in [0.15, 0.2) is 18.5 Å². The Bertz CT molecular complexity index is 297. The Kier molecular flexibility index (Phi) is 3.43. The number of rotatable bonds is 3. The van der Waals surface area contributed by atoms with Gasteiger partial charge < -0.3 is 4.74 Å². The van der Waals surface area contributed by atoms with E-state index in [0.29, 0.717) is 13.0 Å². The normalized spacial score (nSPS) is 9.69. The summed E-state index contributed by atoms with van der Waals surface area (Å²) in [7, 11) is 0. The molecular formula is C10H13NO2. The first-order valence-corrected chi connectivity index (χ1v) is 4.29. The Balaban J connectivity index is 2.63. The first-order valence-electron chi connectivity index (χ1n) is 4.29. The second kappa shape index (κ2) is 4.60. The molecule has 3 heteroatoms. The fourth-order valence-electron chi connectivity index (χ4n) is 1.05. The highest BCUT2D eigenvalue weighted by atomic mass is 16.5. The quantitative estimate of drug-likeness (QED) is 0.660. The van der Waals surface area contributed by atoms with Crippen LogP contribution in [0, 0.1) is 6.92 Å². The van der Waals surface area contributed by atoms with Crippen LogP contribution in [0.1, 0.15) is 18.1 Å². The van der Waals surface area contributed by atoms with E-state index < -0.39 is 0 Å². The molecule has 0 atom stereocenters. The van der Waals surface area contributed by atoms with E-state index in [1.807, 2.05) is 13.0 Å². The Labute approximate surface area is 77.8 Å². The highest BCUT2D eigenvalue weighted by Gasteiger charge is 2.05. The molecule has 0 fully saturated rings. The van der Waals surface area contributed by atoms with Gasteiger partial charge in [-0.3, -0.25) is 9.78 Å². The second-order valence-corrected chi connectivity index (χ2v) is 2.78. The van der Waals surface area contributed by atoms with E-state index in [1.54, 1.807) is 19.3 Å². The van der Waals surface area contributed by atoms with Gasteiger partial charge in [0.15, 0.2) is 0 Å². The zero-order valence-electron chi connectivity index (χ0n) is 7.91. The van der Waals surface area contributed by atoms with Crippen molar-refractivity contribution in [2.24, 2.45) is 0 Å². The molecule has 0 aliphatic rings. The lowest BCUT2D eigenvalue weighted by Gasteiger charge is -2.03. The molecule has 3 nitrogen and oxygen atoms in total. The summed E-state index contributed by atoms with van der Waals surface area (Å²) in [5.74, 6) is -0.196. The van der Waals surface area contributed by atoms with E-state index in [9.17, 15) is 4.79 Å². The highest BCUT2D eigenvalue weighted by molar-refractivity contribution is 5.72. The zero-order chi connectivity index (χ0) is 9.68. The van der Waals surface area contributed by atoms with Crippen molar-refractivity contribution < 1.29 is 9.53 Å². The largest absolute Gasteiger partial charge is 0.466 e. The van der Waals surface area contributed by atoms with Gasteiger partial charge >= 0.3 is 5.97 Å². The minimum Gasteiger partial charge on any atom is -0.466 e. The first kappa shape index (κ1) is 9.71. The fraction of sp³-hybridized carbons (Fsp3) is 0.400. The molecule has 13 heavy (non-hydrogen) atoms. The van der Waals surface area contributed by atoms with Crippen LogP contribution in [0.4, 0.5) is 0 Å². The van der Waals surface area contributed by atoms with E-state index in [1.165, 1.54) is 0 Å². The molecule has 0 N–H and O–H groups in total. The molecule has 1 heterocycles. The molecule has 0 unspecified atom stereocenters. The van der Waals surface area contributed by atoms with E-state index in [0.717, 1.165) is 11.1 Å². The summed E-state index contributed by atoms with van der Waals surface area (Å²) in [6, 6.07) is 1.88. The lowest BCUT2D eigenvalue weighted by atomic mass is 10.1. The standard InChI is InChI=1S/C10H13NO2/c1-3-13-10(12)6-9-7-11-5-4-8(9)2/h4-5,7H,3,6H2,1-2H3. The molecule has 0 aliphatic carbocycles. The summed E-state index contributed by atoms with van der Waals surface area (Å²) in [4.78, 5) is 15.1. The molecule has 1 aromatic heterocycles. The number of aryl methyl sites for hydroxylation is 1. The number of aromatic nitrogens is 1. The average Bonchev–Trinajstić information content (AvgIpc) is 2.09. The highest BCUT2D eigenvalue weighted by Crippen LogP contribution is 2.06. The molecule has 0 bridgehead atoms. The van der Waals surface area contributed by atoms with Crippen molar-refractivity contribution in [2.75, 3.05) is 6.61 Å². The number of pyridine rings is 1. The summed E-state index contributed by atoms with van der Waals surface area (Å²) in [6.07, 6.45) is 3.73. The van der Waals surface area contributed by atoms with E-state index >= 15 is 0 Å². The van der Waals surface area contributed by atoms with Crippen LogP contribution in [-0.2, 0) is 16.0 Å². The van der Waals surface area contributed by atoms with Gasteiger partial charge in [-0.25, -0.2) is 0 Å². The molecule has 0 spiro atoms. The minimum atomic E-state index is -0.196. The number of carbonyl (C=O) groups is 1. The molecular weight excluding hydrogens is 166 g/mol. The van der Waals surface area contributed by atoms with Crippen LogP contribution in [0.25, 0.3) is 0 Å². The van der Waals surface area contributed by atoms with Gasteiger partial charge in [-0.15, -0.1) is 0 Å². The van der Waals surface area contributed by atoms with Crippen LogP contribution >= 0.6 is 0 Å². The van der Waals surface area contributed by atoms with Crippen LogP contribution in [-0.4, -0.2) is 17.6 Å². The van der Waals surface area contributed by atoms with Gasteiger partial charge in [-0.2, -0.15) is 0 Å². The van der Waals surface area contributed by atoms with Crippen molar-refractivity contribution in [1.29, 1.82) is 0 Å². The summed E-state index contributed by atoms with van der Waals surface area (Å²) in [5, 5.41) is 0. The van der Waals surface area contributed by atoms with Crippen LogP contribution in [0.2, 0.25) is 0 Å². The second-order valence-electron chi connectivity index (χ2n) is 2.78. The molecule has 70 valence electrons. The van der Waals surface area contributed by atoms with Crippen molar-refractivity contribution in [3.63, 3.8) is 0 Å². The zero-order valence-corrected chi connectivity index (χ0v) is 7.91. The number of ether oxygens (including phenoxy) is 1. The van der Waals surface area contributed by atoms with E-state index in [-0.39, 0.29) is 5.97 Å². The van der Waals surface area contributed by atoms with Gasteiger partial charge in [0.2, 0.25) is 0 Å². The van der Waals surface area contributed by atoms with Crippen LogP contribution < -0.4 is 0 Å². The van der Waals surface area contributed by atoms with Crippen molar-refractivity contribution in [1.82, 2.24) is 4.98 Å². The Morgan fingerprint density at radius 1 is 1.62 bits per heavy atom. The van der Waals surface area contributed by atoms with Gasteiger partial charge in [0, 0.05) is 12.4 Å². The average molecular weight is 179 g/mol. The number of esters is 1. The Hall–Kier alpha value is -1.38. The van der Waals surface area contributed by atoms with Gasteiger partial charge in [0.1, 0.15) is 0 Å². The molecule has 0 aromatic carbocycles. The number of nitrogens with zero attached hydrogens (tertiary/aromatic N) is 1.